The number of rotatable bonds is 6. The van der Waals surface area contributed by atoms with Gasteiger partial charge in [0.05, 0.1) is 10.7 Å². The van der Waals surface area contributed by atoms with E-state index in [0.29, 0.717) is 23.7 Å². The molecule has 0 heterocycles. The fourth-order valence-corrected chi connectivity index (χ4v) is 2.85. The Kier molecular flexibility index (Phi) is 6.65. The van der Waals surface area contributed by atoms with Gasteiger partial charge in [0.15, 0.2) is 0 Å². The monoisotopic (exact) mass is 369 g/mol. The van der Waals surface area contributed by atoms with Crippen LogP contribution < -0.4 is 10.6 Å². The van der Waals surface area contributed by atoms with Crippen molar-refractivity contribution in [2.45, 2.75) is 20.3 Å². The van der Waals surface area contributed by atoms with E-state index in [4.69, 9.17) is 11.6 Å². The smallest absolute Gasteiger partial charge is 0.263 e. The van der Waals surface area contributed by atoms with E-state index < -0.39 is 5.91 Å². The molecule has 2 aromatic rings. The first-order valence-corrected chi connectivity index (χ1v) is 8.48. The number of nitrogens with one attached hydrogen (secondary N) is 2. The topological polar surface area (TPSA) is 85.2 Å². The van der Waals surface area contributed by atoms with Crippen LogP contribution in [0.4, 0.5) is 5.69 Å². The summed E-state index contributed by atoms with van der Waals surface area (Å²) in [6.45, 7) is 4.23. The largest absolute Gasteiger partial charge is 0.508 e. The Bertz CT molecular complexity index is 845. The lowest BCUT2D eigenvalue weighted by atomic mass is 10.1. The van der Waals surface area contributed by atoms with E-state index in [0.717, 1.165) is 16.7 Å². The summed E-state index contributed by atoms with van der Waals surface area (Å²) in [5.74, 6) is -0.261. The second-order valence-corrected chi connectivity index (χ2v) is 6.33. The summed E-state index contributed by atoms with van der Waals surface area (Å²) >= 11 is 6.21. The Morgan fingerprint density at radius 3 is 2.58 bits per heavy atom. The molecular formula is C20H20ClN3O2. The number of hydrogen-bond donors (Lipinski definition) is 3. The number of benzene rings is 2. The number of nitriles is 1. The standard InChI is InChI=1S/C20H20ClN3O2/c1-13-9-14(2)19(18(21)10-13)24-12-16(11-22)20(26)23-8-7-15-3-5-17(25)6-4-15/h3-6,9-10,12,24-25H,7-8H2,1-2H3,(H,23,26)/b16-12-. The number of aromatic hydroxyl groups is 1. The van der Waals surface area contributed by atoms with Crippen molar-refractivity contribution in [3.63, 3.8) is 0 Å². The predicted octanol–water partition coefficient (Wildman–Crippen LogP) is 3.84. The third-order valence-electron chi connectivity index (χ3n) is 3.79. The van der Waals surface area contributed by atoms with Crippen LogP contribution in [0.5, 0.6) is 5.75 Å². The van der Waals surface area contributed by atoms with Crippen molar-refractivity contribution in [1.29, 1.82) is 5.26 Å². The molecule has 0 saturated heterocycles. The molecular weight excluding hydrogens is 350 g/mol. The van der Waals surface area contributed by atoms with E-state index in [9.17, 15) is 15.2 Å². The normalized spacial score (nSPS) is 10.9. The molecule has 0 unspecified atom stereocenters. The average molecular weight is 370 g/mol. The number of carbonyl (C=O) groups is 1. The summed E-state index contributed by atoms with van der Waals surface area (Å²) in [5.41, 5.74) is 3.57. The van der Waals surface area contributed by atoms with Crippen molar-refractivity contribution in [3.05, 3.63) is 69.9 Å². The van der Waals surface area contributed by atoms with E-state index in [1.165, 1.54) is 6.20 Å². The zero-order chi connectivity index (χ0) is 19.1. The van der Waals surface area contributed by atoms with E-state index in [-0.39, 0.29) is 11.3 Å². The van der Waals surface area contributed by atoms with Gasteiger partial charge in [-0.15, -0.1) is 0 Å². The van der Waals surface area contributed by atoms with Gasteiger partial charge in [0.1, 0.15) is 17.4 Å². The molecule has 26 heavy (non-hydrogen) atoms. The Morgan fingerprint density at radius 2 is 1.96 bits per heavy atom. The molecule has 134 valence electrons. The molecule has 0 bridgehead atoms. The maximum absolute atomic E-state index is 12.1. The summed E-state index contributed by atoms with van der Waals surface area (Å²) in [7, 11) is 0. The molecule has 0 spiro atoms. The third kappa shape index (κ3) is 5.27. The summed E-state index contributed by atoms with van der Waals surface area (Å²) < 4.78 is 0. The van der Waals surface area contributed by atoms with E-state index >= 15 is 0 Å². The number of hydrogen-bond acceptors (Lipinski definition) is 4. The Labute approximate surface area is 157 Å². The second-order valence-electron chi connectivity index (χ2n) is 5.93. The Balaban J connectivity index is 1.97. The van der Waals surface area contributed by atoms with Crippen molar-refractivity contribution < 1.29 is 9.90 Å². The minimum atomic E-state index is -0.459. The first kappa shape index (κ1) is 19.4. The zero-order valence-electron chi connectivity index (χ0n) is 14.6. The lowest BCUT2D eigenvalue weighted by Gasteiger charge is -2.10. The van der Waals surface area contributed by atoms with Crippen molar-refractivity contribution in [3.8, 4) is 11.8 Å². The second kappa shape index (κ2) is 8.93. The molecule has 2 rings (SSSR count). The maximum Gasteiger partial charge on any atom is 0.263 e. The van der Waals surface area contributed by atoms with Crippen LogP contribution in [-0.4, -0.2) is 17.6 Å². The molecule has 0 aliphatic rings. The van der Waals surface area contributed by atoms with Crippen LogP contribution in [0.15, 0.2) is 48.2 Å². The van der Waals surface area contributed by atoms with E-state index in [1.54, 1.807) is 24.3 Å². The molecule has 0 fully saturated rings. The Hall–Kier alpha value is -2.97. The highest BCUT2D eigenvalue weighted by molar-refractivity contribution is 6.33. The molecule has 2 aromatic carbocycles. The van der Waals surface area contributed by atoms with Crippen LogP contribution in [0.2, 0.25) is 5.02 Å². The van der Waals surface area contributed by atoms with Gasteiger partial charge in [-0.2, -0.15) is 5.26 Å². The SMILES string of the molecule is Cc1cc(C)c(N/C=C(/C#N)C(=O)NCCc2ccc(O)cc2)c(Cl)c1. The average Bonchev–Trinajstić information content (AvgIpc) is 2.59. The van der Waals surface area contributed by atoms with Gasteiger partial charge in [0.25, 0.3) is 5.91 Å². The highest BCUT2D eigenvalue weighted by atomic mass is 35.5. The molecule has 0 aromatic heterocycles. The molecule has 6 heteroatoms. The number of halogens is 1. The number of phenols is 1. The maximum atomic E-state index is 12.1. The molecule has 0 saturated carbocycles. The van der Waals surface area contributed by atoms with Crippen molar-refractivity contribution in [2.24, 2.45) is 0 Å². The summed E-state index contributed by atoms with van der Waals surface area (Å²) in [6, 6.07) is 12.4. The van der Waals surface area contributed by atoms with Gasteiger partial charge in [0.2, 0.25) is 0 Å². The first-order chi connectivity index (χ1) is 12.4. The highest BCUT2D eigenvalue weighted by Gasteiger charge is 2.10. The van der Waals surface area contributed by atoms with Gasteiger partial charge in [-0.25, -0.2) is 0 Å². The number of phenolic OH excluding ortho intramolecular Hbond substituents is 1. The van der Waals surface area contributed by atoms with Gasteiger partial charge >= 0.3 is 0 Å². The van der Waals surface area contributed by atoms with Gasteiger partial charge in [-0.05, 0) is 55.2 Å². The van der Waals surface area contributed by atoms with Crippen LogP contribution in [-0.2, 0) is 11.2 Å². The first-order valence-electron chi connectivity index (χ1n) is 8.10. The molecule has 3 N–H and O–H groups in total. The van der Waals surface area contributed by atoms with Gasteiger partial charge < -0.3 is 15.7 Å². The predicted molar refractivity (Wildman–Crippen MR) is 103 cm³/mol. The lowest BCUT2D eigenvalue weighted by Crippen LogP contribution is -2.27. The third-order valence-corrected chi connectivity index (χ3v) is 4.09. The van der Waals surface area contributed by atoms with Crippen LogP contribution in [0.1, 0.15) is 16.7 Å². The summed E-state index contributed by atoms with van der Waals surface area (Å²) in [6.07, 6.45) is 1.96. The molecule has 0 atom stereocenters. The number of nitrogens with zero attached hydrogens (tertiary/aromatic N) is 1. The number of anilines is 1. The molecule has 0 aliphatic heterocycles. The number of aryl methyl sites for hydroxylation is 2. The van der Waals surface area contributed by atoms with Gasteiger partial charge in [0, 0.05) is 12.7 Å². The van der Waals surface area contributed by atoms with Gasteiger partial charge in [-0.1, -0.05) is 29.8 Å². The Morgan fingerprint density at radius 1 is 1.27 bits per heavy atom. The van der Waals surface area contributed by atoms with E-state index in [1.807, 2.05) is 32.0 Å². The quantitative estimate of drug-likeness (QED) is 0.533. The molecule has 5 nitrogen and oxygen atoms in total. The van der Waals surface area contributed by atoms with Crippen LogP contribution in [0.25, 0.3) is 0 Å². The minimum Gasteiger partial charge on any atom is -0.508 e. The molecule has 0 radical (unpaired) electrons. The zero-order valence-corrected chi connectivity index (χ0v) is 15.4. The fraction of sp³-hybridized carbons (Fsp3) is 0.200. The molecule has 1 amide bonds. The summed E-state index contributed by atoms with van der Waals surface area (Å²) in [5, 5.41) is 24.7. The molecule has 0 aliphatic carbocycles. The van der Waals surface area contributed by atoms with Crippen LogP contribution >= 0.6 is 11.6 Å². The highest BCUT2D eigenvalue weighted by Crippen LogP contribution is 2.27. The van der Waals surface area contributed by atoms with Crippen LogP contribution in [0.3, 0.4) is 0 Å². The summed E-state index contributed by atoms with van der Waals surface area (Å²) in [4.78, 5) is 12.1. The van der Waals surface area contributed by atoms with Gasteiger partial charge in [-0.3, -0.25) is 4.79 Å². The van der Waals surface area contributed by atoms with Crippen molar-refractivity contribution >= 4 is 23.2 Å². The number of amides is 1. The number of carbonyl (C=O) groups excluding carboxylic acids is 1. The lowest BCUT2D eigenvalue weighted by molar-refractivity contribution is -0.117. The minimum absolute atomic E-state index is 0.0354. The van der Waals surface area contributed by atoms with Crippen molar-refractivity contribution in [2.75, 3.05) is 11.9 Å². The fourth-order valence-electron chi connectivity index (χ4n) is 2.47. The van der Waals surface area contributed by atoms with Crippen molar-refractivity contribution in [1.82, 2.24) is 5.32 Å². The van der Waals surface area contributed by atoms with Crippen LogP contribution in [0, 0.1) is 25.2 Å². The van der Waals surface area contributed by atoms with E-state index in [2.05, 4.69) is 10.6 Å².